The van der Waals surface area contributed by atoms with Crippen LogP contribution in [0.15, 0.2) is 15.0 Å². The highest BCUT2D eigenvalue weighted by atomic mass is 32.2. The largest absolute Gasteiger partial charge is 0.330 e. The third kappa shape index (κ3) is 2.10. The van der Waals surface area contributed by atoms with Gasteiger partial charge in [0, 0.05) is 0 Å². The Labute approximate surface area is 98.4 Å². The van der Waals surface area contributed by atoms with Crippen molar-refractivity contribution >= 4 is 31.4 Å². The summed E-state index contributed by atoms with van der Waals surface area (Å²) < 4.78 is 61.2. The lowest BCUT2D eigenvalue weighted by Gasteiger charge is -2.00. The Bertz CT molecular complexity index is 890. The van der Waals surface area contributed by atoms with Crippen molar-refractivity contribution < 1.29 is 25.9 Å². The maximum Gasteiger partial charge on any atom is 0.330 e. The second-order valence-corrected chi connectivity index (χ2v) is 5.72. The first-order valence-electron chi connectivity index (χ1n) is 4.04. The Morgan fingerprint density at radius 1 is 0.944 bits per heavy atom. The molecule has 2 heterocycles. The van der Waals surface area contributed by atoms with E-state index < -0.39 is 47.3 Å². The molecule has 0 aliphatic rings. The van der Waals surface area contributed by atoms with Gasteiger partial charge in [-0.25, -0.2) is 4.79 Å². The Balaban J connectivity index is 3.03. The highest BCUT2D eigenvalue weighted by molar-refractivity contribution is 7.86. The van der Waals surface area contributed by atoms with Crippen molar-refractivity contribution in [3.63, 3.8) is 0 Å². The Hall–Kier alpha value is -1.83. The maximum atomic E-state index is 11.0. The van der Waals surface area contributed by atoms with E-state index in [1.807, 2.05) is 9.97 Å². The summed E-state index contributed by atoms with van der Waals surface area (Å²) in [4.78, 5) is 21.1. The summed E-state index contributed by atoms with van der Waals surface area (Å²) in [6, 6.07) is 0. The first kappa shape index (κ1) is 12.6. The predicted octanol–water partition coefficient (Wildman–Crippen LogP) is -1.86. The van der Waals surface area contributed by atoms with Gasteiger partial charge in [0.25, 0.3) is 5.16 Å². The molecule has 0 saturated carbocycles. The quantitative estimate of drug-likeness (QED) is 0.280. The van der Waals surface area contributed by atoms with Crippen LogP contribution in [0.5, 0.6) is 0 Å². The Morgan fingerprint density at radius 2 is 1.56 bits per heavy atom. The molecule has 2 rings (SSSR count). The van der Waals surface area contributed by atoms with Crippen molar-refractivity contribution in [2.75, 3.05) is 0 Å². The lowest BCUT2D eigenvalue weighted by atomic mass is 10.6. The molecule has 2 aromatic heterocycles. The molecule has 18 heavy (non-hydrogen) atoms. The Kier molecular flexibility index (Phi) is 2.51. The second-order valence-electron chi connectivity index (χ2n) is 3.06. The van der Waals surface area contributed by atoms with Crippen molar-refractivity contribution in [3.05, 3.63) is 10.5 Å². The van der Waals surface area contributed by atoms with Crippen LogP contribution in [0, 0.1) is 0 Å². The summed E-state index contributed by atoms with van der Waals surface area (Å²) in [5, 5.41) is -2.41. The van der Waals surface area contributed by atoms with Crippen LogP contribution in [0.25, 0.3) is 11.2 Å². The molecule has 0 fully saturated rings. The van der Waals surface area contributed by atoms with Crippen molar-refractivity contribution in [1.29, 1.82) is 0 Å². The monoisotopic (exact) mass is 296 g/mol. The third-order valence-corrected chi connectivity index (χ3v) is 3.23. The number of imidazole rings is 1. The van der Waals surface area contributed by atoms with Crippen molar-refractivity contribution in [3.8, 4) is 0 Å². The van der Waals surface area contributed by atoms with Crippen molar-refractivity contribution in [2.45, 2.75) is 10.2 Å². The van der Waals surface area contributed by atoms with Crippen LogP contribution in [-0.4, -0.2) is 45.9 Å². The first-order chi connectivity index (χ1) is 8.09. The van der Waals surface area contributed by atoms with Crippen LogP contribution >= 0.6 is 0 Å². The SMILES string of the molecule is O=c1[nH]c2nc(S(=O)(=O)O)nc(S(=O)(=O)O)c2[nH]1. The van der Waals surface area contributed by atoms with Gasteiger partial charge in [-0.2, -0.15) is 26.8 Å². The number of nitrogens with one attached hydrogen (secondary N) is 2. The summed E-state index contributed by atoms with van der Waals surface area (Å²) in [6.07, 6.45) is 0. The fourth-order valence-corrected chi connectivity index (χ4v) is 2.26. The minimum atomic E-state index is -4.92. The molecular weight excluding hydrogens is 292 g/mol. The number of aromatic amines is 2. The zero-order valence-corrected chi connectivity index (χ0v) is 9.78. The minimum absolute atomic E-state index is 0.491. The number of nitrogens with zero attached hydrogens (tertiary/aromatic N) is 2. The van der Waals surface area contributed by atoms with Gasteiger partial charge < -0.3 is 4.98 Å². The van der Waals surface area contributed by atoms with Gasteiger partial charge in [-0.05, 0) is 0 Å². The zero-order valence-electron chi connectivity index (χ0n) is 8.15. The first-order valence-corrected chi connectivity index (χ1v) is 6.92. The number of hydrogen-bond donors (Lipinski definition) is 4. The van der Waals surface area contributed by atoms with E-state index in [-0.39, 0.29) is 0 Å². The topological polar surface area (TPSA) is 183 Å². The van der Waals surface area contributed by atoms with Gasteiger partial charge in [0.1, 0.15) is 5.52 Å². The number of H-pyrrole nitrogens is 2. The lowest BCUT2D eigenvalue weighted by Crippen LogP contribution is -2.11. The number of aromatic nitrogens is 4. The van der Waals surface area contributed by atoms with Crippen LogP contribution < -0.4 is 5.69 Å². The number of rotatable bonds is 2. The predicted molar refractivity (Wildman–Crippen MR) is 54.1 cm³/mol. The average Bonchev–Trinajstić information content (AvgIpc) is 2.52. The highest BCUT2D eigenvalue weighted by Crippen LogP contribution is 2.16. The van der Waals surface area contributed by atoms with Gasteiger partial charge in [0.15, 0.2) is 5.65 Å². The molecule has 11 nitrogen and oxygen atoms in total. The minimum Gasteiger partial charge on any atom is -0.302 e. The number of hydrogen-bond acceptors (Lipinski definition) is 7. The van der Waals surface area contributed by atoms with E-state index in [0.717, 1.165) is 0 Å². The van der Waals surface area contributed by atoms with E-state index in [4.69, 9.17) is 9.11 Å². The molecule has 0 aliphatic heterocycles. The van der Waals surface area contributed by atoms with Crippen molar-refractivity contribution in [2.24, 2.45) is 0 Å². The molecule has 98 valence electrons. The molecule has 0 amide bonds. The summed E-state index contributed by atoms with van der Waals surface area (Å²) in [6.45, 7) is 0. The smallest absolute Gasteiger partial charge is 0.302 e. The van der Waals surface area contributed by atoms with Gasteiger partial charge in [0.2, 0.25) is 5.03 Å². The molecule has 0 aromatic carbocycles. The fourth-order valence-electron chi connectivity index (χ4n) is 1.18. The molecule has 0 bridgehead atoms. The zero-order chi connectivity index (χ0) is 13.7. The molecular formula is C5H4N4O7S2. The van der Waals surface area contributed by atoms with Gasteiger partial charge in [0.05, 0.1) is 0 Å². The molecule has 0 atom stereocenters. The summed E-state index contributed by atoms with van der Waals surface area (Å²) >= 11 is 0. The standard InChI is InChI=1S/C5H4N4O7S2/c10-4-6-1-2(7-4)8-5(18(14,15)16)9-3(1)17(11,12)13/h(H,11,12,13)(H,14,15,16)(H2,6,7,8,9,10). The molecule has 4 N–H and O–H groups in total. The summed E-state index contributed by atoms with van der Waals surface area (Å²) in [5.74, 6) is 0. The molecule has 2 aromatic rings. The van der Waals surface area contributed by atoms with Crippen LogP contribution in [-0.2, 0) is 20.2 Å². The Morgan fingerprint density at radius 3 is 2.06 bits per heavy atom. The molecule has 0 saturated heterocycles. The van der Waals surface area contributed by atoms with E-state index in [1.54, 1.807) is 0 Å². The summed E-state index contributed by atoms with van der Waals surface area (Å²) in [7, 11) is -9.82. The highest BCUT2D eigenvalue weighted by Gasteiger charge is 2.25. The van der Waals surface area contributed by atoms with Crippen LogP contribution in [0.1, 0.15) is 0 Å². The van der Waals surface area contributed by atoms with Crippen molar-refractivity contribution in [1.82, 2.24) is 19.9 Å². The summed E-state index contributed by atoms with van der Waals surface area (Å²) in [5.41, 5.74) is -1.89. The van der Waals surface area contributed by atoms with E-state index in [1.165, 1.54) is 0 Å². The fraction of sp³-hybridized carbons (Fsp3) is 0. The molecule has 0 radical (unpaired) electrons. The second kappa shape index (κ2) is 3.58. The average molecular weight is 296 g/mol. The van der Waals surface area contributed by atoms with Crippen LogP contribution in [0.4, 0.5) is 0 Å². The number of fused-ring (bicyclic) bond motifs is 1. The van der Waals surface area contributed by atoms with Gasteiger partial charge >= 0.3 is 25.9 Å². The van der Waals surface area contributed by atoms with E-state index in [2.05, 4.69) is 9.97 Å². The third-order valence-electron chi connectivity index (χ3n) is 1.80. The lowest BCUT2D eigenvalue weighted by molar-refractivity contribution is 0.468. The molecule has 13 heteroatoms. The maximum absolute atomic E-state index is 11.0. The van der Waals surface area contributed by atoms with E-state index in [0.29, 0.717) is 0 Å². The van der Waals surface area contributed by atoms with Gasteiger partial charge in [-0.15, -0.1) is 0 Å². The molecule has 0 unspecified atom stereocenters. The van der Waals surface area contributed by atoms with Gasteiger partial charge in [-0.1, -0.05) is 0 Å². The van der Waals surface area contributed by atoms with Gasteiger partial charge in [-0.3, -0.25) is 14.1 Å². The molecule has 0 aliphatic carbocycles. The van der Waals surface area contributed by atoms with E-state index >= 15 is 0 Å². The van der Waals surface area contributed by atoms with Crippen LogP contribution in [0.2, 0.25) is 0 Å². The normalized spacial score (nSPS) is 13.0. The van der Waals surface area contributed by atoms with Crippen LogP contribution in [0.3, 0.4) is 0 Å². The molecule has 0 spiro atoms. The van der Waals surface area contributed by atoms with E-state index in [9.17, 15) is 21.6 Å².